The molecule has 0 aromatic carbocycles. The molecule has 0 bridgehead atoms. The van der Waals surface area contributed by atoms with E-state index in [0.29, 0.717) is 0 Å². The lowest BCUT2D eigenvalue weighted by Crippen LogP contribution is -2.05. The molecule has 1 heterocycles. The molecule has 76 valence electrons. The summed E-state index contributed by atoms with van der Waals surface area (Å²) < 4.78 is 1.11. The molecule has 8 heteroatoms. The van der Waals surface area contributed by atoms with Crippen LogP contribution in [0.2, 0.25) is 0 Å². The van der Waals surface area contributed by atoms with Crippen molar-refractivity contribution in [3.63, 3.8) is 0 Å². The molecule has 1 aromatic heterocycles. The lowest BCUT2D eigenvalue weighted by atomic mass is 10.3. The summed E-state index contributed by atoms with van der Waals surface area (Å²) in [6.07, 6.45) is 0. The van der Waals surface area contributed by atoms with E-state index in [1.165, 1.54) is 13.1 Å². The van der Waals surface area contributed by atoms with Gasteiger partial charge in [-0.1, -0.05) is 0 Å². The van der Waals surface area contributed by atoms with Crippen LogP contribution in [0.5, 0.6) is 0 Å². The van der Waals surface area contributed by atoms with E-state index in [9.17, 15) is 14.9 Å². The van der Waals surface area contributed by atoms with Gasteiger partial charge in [-0.2, -0.15) is 5.10 Å². The van der Waals surface area contributed by atoms with Crippen molar-refractivity contribution >= 4 is 5.97 Å². The molecule has 0 aliphatic heterocycles. The molecule has 0 spiro atoms. The maximum Gasteiger partial charge on any atom is 0.354 e. The zero-order valence-electron chi connectivity index (χ0n) is 7.21. The van der Waals surface area contributed by atoms with Crippen molar-refractivity contribution < 1.29 is 19.8 Å². The molecule has 0 unspecified atom stereocenters. The van der Waals surface area contributed by atoms with Gasteiger partial charge in [0.2, 0.25) is 0 Å². The average molecular weight is 201 g/mol. The van der Waals surface area contributed by atoms with Crippen LogP contribution in [-0.2, 0) is 18.5 Å². The Morgan fingerprint density at radius 3 is 2.93 bits per heavy atom. The minimum absolute atomic E-state index is 0.0491. The van der Waals surface area contributed by atoms with Crippen LogP contribution in [0, 0.1) is 10.1 Å². The Bertz CT molecular complexity index is 372. The van der Waals surface area contributed by atoms with Crippen LogP contribution in [-0.4, -0.2) is 25.9 Å². The maximum absolute atomic E-state index is 10.5. The van der Waals surface area contributed by atoms with Gasteiger partial charge in [-0.25, -0.2) is 4.79 Å². The first-order valence-electron chi connectivity index (χ1n) is 3.54. The van der Waals surface area contributed by atoms with Crippen molar-refractivity contribution in [3.8, 4) is 0 Å². The topological polar surface area (TPSA) is 107 Å². The standard InChI is InChI=1S/C6H7N3O5/c1-8-5(6(10)11)2-4(7-8)3-14-9(12)13/h2H,3H2,1H3,(H,10,11). The van der Waals surface area contributed by atoms with Gasteiger partial charge in [0.25, 0.3) is 5.09 Å². The Balaban J connectivity index is 2.76. The number of carboxylic acid groups (broad SMARTS) is 1. The maximum atomic E-state index is 10.5. The Hall–Kier alpha value is -2.12. The van der Waals surface area contributed by atoms with Gasteiger partial charge < -0.3 is 9.94 Å². The average Bonchev–Trinajstić information content (AvgIpc) is 2.43. The molecule has 1 rings (SSSR count). The van der Waals surface area contributed by atoms with Crippen molar-refractivity contribution in [1.29, 1.82) is 0 Å². The first kappa shape index (κ1) is 9.96. The van der Waals surface area contributed by atoms with E-state index in [1.54, 1.807) is 0 Å². The van der Waals surface area contributed by atoms with Gasteiger partial charge in [-0.3, -0.25) is 4.68 Å². The molecule has 1 aromatic rings. The molecule has 0 saturated heterocycles. The Labute approximate surface area is 77.8 Å². The molecule has 0 amide bonds. The quantitative estimate of drug-likeness (QED) is 0.535. The molecule has 0 fully saturated rings. The number of rotatable bonds is 4. The third-order valence-electron chi connectivity index (χ3n) is 1.47. The highest BCUT2D eigenvalue weighted by molar-refractivity contribution is 5.85. The van der Waals surface area contributed by atoms with Crippen molar-refractivity contribution in [2.24, 2.45) is 7.05 Å². The van der Waals surface area contributed by atoms with Gasteiger partial charge in [-0.05, 0) is 6.07 Å². The molecule has 0 radical (unpaired) electrons. The number of hydrogen-bond acceptors (Lipinski definition) is 5. The van der Waals surface area contributed by atoms with E-state index in [4.69, 9.17) is 5.11 Å². The van der Waals surface area contributed by atoms with Gasteiger partial charge in [-0.15, -0.1) is 10.1 Å². The Morgan fingerprint density at radius 1 is 1.86 bits per heavy atom. The third-order valence-corrected chi connectivity index (χ3v) is 1.47. The summed E-state index contributed by atoms with van der Waals surface area (Å²) in [4.78, 5) is 24.4. The van der Waals surface area contributed by atoms with E-state index in [1.807, 2.05) is 0 Å². The molecule has 0 atom stereocenters. The SMILES string of the molecule is Cn1nc(CO[N+](=O)[O-])cc1C(=O)O. The summed E-state index contributed by atoms with van der Waals surface area (Å²) in [6, 6.07) is 1.21. The molecule has 1 N–H and O–H groups in total. The van der Waals surface area contributed by atoms with Crippen molar-refractivity contribution in [3.05, 3.63) is 27.6 Å². The predicted octanol–water partition coefficient (Wildman–Crippen LogP) is -0.173. The summed E-state index contributed by atoms with van der Waals surface area (Å²) in [7, 11) is 1.43. The normalized spacial score (nSPS) is 9.79. The van der Waals surface area contributed by atoms with Gasteiger partial charge >= 0.3 is 5.97 Å². The third kappa shape index (κ3) is 2.19. The highest BCUT2D eigenvalue weighted by Crippen LogP contribution is 2.04. The molecule has 0 aliphatic rings. The monoisotopic (exact) mass is 201 g/mol. The summed E-state index contributed by atoms with van der Waals surface area (Å²) in [6.45, 7) is -0.353. The lowest BCUT2D eigenvalue weighted by Gasteiger charge is -1.92. The van der Waals surface area contributed by atoms with E-state index in [-0.39, 0.29) is 18.0 Å². The predicted molar refractivity (Wildman–Crippen MR) is 42.0 cm³/mol. The van der Waals surface area contributed by atoms with Crippen molar-refractivity contribution in [1.82, 2.24) is 9.78 Å². The minimum Gasteiger partial charge on any atom is -0.477 e. The number of hydrogen-bond donors (Lipinski definition) is 1. The lowest BCUT2D eigenvalue weighted by molar-refractivity contribution is -0.763. The summed E-state index contributed by atoms with van der Waals surface area (Å²) in [5.41, 5.74) is 0.147. The van der Waals surface area contributed by atoms with Crippen LogP contribution in [0.3, 0.4) is 0 Å². The van der Waals surface area contributed by atoms with Crippen LogP contribution in [0.4, 0.5) is 0 Å². The first-order valence-corrected chi connectivity index (χ1v) is 3.54. The summed E-state index contributed by atoms with van der Waals surface area (Å²) >= 11 is 0. The van der Waals surface area contributed by atoms with Crippen LogP contribution in [0.1, 0.15) is 16.2 Å². The van der Waals surface area contributed by atoms with E-state index >= 15 is 0 Å². The fraction of sp³-hybridized carbons (Fsp3) is 0.333. The van der Waals surface area contributed by atoms with E-state index < -0.39 is 11.1 Å². The molecule has 8 nitrogen and oxygen atoms in total. The fourth-order valence-electron chi connectivity index (χ4n) is 0.916. The number of aromatic carboxylic acids is 1. The van der Waals surface area contributed by atoms with Crippen LogP contribution in [0.15, 0.2) is 6.07 Å². The van der Waals surface area contributed by atoms with Crippen LogP contribution in [0.25, 0.3) is 0 Å². The van der Waals surface area contributed by atoms with Gasteiger partial charge in [0, 0.05) is 7.05 Å². The second-order valence-electron chi connectivity index (χ2n) is 2.45. The molecule has 0 saturated carbocycles. The molecular formula is C6H7N3O5. The van der Waals surface area contributed by atoms with Crippen molar-refractivity contribution in [2.75, 3.05) is 0 Å². The van der Waals surface area contributed by atoms with Crippen molar-refractivity contribution in [2.45, 2.75) is 6.61 Å². The molecule has 14 heavy (non-hydrogen) atoms. The highest BCUT2D eigenvalue weighted by Gasteiger charge is 2.12. The van der Waals surface area contributed by atoms with Crippen LogP contribution >= 0.6 is 0 Å². The van der Waals surface area contributed by atoms with Gasteiger partial charge in [0.1, 0.15) is 12.3 Å². The Morgan fingerprint density at radius 2 is 2.50 bits per heavy atom. The first-order chi connectivity index (χ1) is 6.50. The van der Waals surface area contributed by atoms with Gasteiger partial charge in [0.05, 0.1) is 5.69 Å². The zero-order chi connectivity index (χ0) is 10.7. The molecular weight excluding hydrogens is 194 g/mol. The number of carboxylic acids is 1. The second-order valence-corrected chi connectivity index (χ2v) is 2.45. The largest absolute Gasteiger partial charge is 0.477 e. The second kappa shape index (κ2) is 3.73. The smallest absolute Gasteiger partial charge is 0.354 e. The number of aromatic nitrogens is 2. The molecule has 0 aliphatic carbocycles. The Kier molecular flexibility index (Phi) is 2.65. The number of nitrogens with zero attached hydrogens (tertiary/aromatic N) is 3. The van der Waals surface area contributed by atoms with Crippen LogP contribution < -0.4 is 0 Å². The van der Waals surface area contributed by atoms with Gasteiger partial charge in [0.15, 0.2) is 0 Å². The fourth-order valence-corrected chi connectivity index (χ4v) is 0.916. The summed E-state index contributed by atoms with van der Waals surface area (Å²) in [5.74, 6) is -1.15. The van der Waals surface area contributed by atoms with E-state index in [2.05, 4.69) is 9.94 Å². The zero-order valence-corrected chi connectivity index (χ0v) is 7.21. The number of carbonyl (C=O) groups is 1. The number of aryl methyl sites for hydroxylation is 1. The highest BCUT2D eigenvalue weighted by atomic mass is 16.9. The summed E-state index contributed by atoms with van der Waals surface area (Å²) in [5, 5.41) is 21.2. The van der Waals surface area contributed by atoms with E-state index in [0.717, 1.165) is 4.68 Å². The minimum atomic E-state index is -1.15.